The minimum Gasteiger partial charge on any atom is -0.360 e. The van der Waals surface area contributed by atoms with E-state index in [9.17, 15) is 0 Å². The Bertz CT molecular complexity index is 487. The molecular weight excluding hydrogens is 224 g/mol. The van der Waals surface area contributed by atoms with E-state index in [0.717, 1.165) is 17.9 Å². The van der Waals surface area contributed by atoms with Crippen molar-refractivity contribution in [3.05, 3.63) is 52.9 Å². The molecule has 0 aliphatic rings. The predicted octanol–water partition coefficient (Wildman–Crippen LogP) is 3.40. The number of nitrogens with one attached hydrogen (secondary N) is 1. The zero-order valence-corrected chi connectivity index (χ0v) is 11.2. The second-order valence-electron chi connectivity index (χ2n) is 4.63. The summed E-state index contributed by atoms with van der Waals surface area (Å²) in [6.07, 6.45) is 1.08. The molecule has 1 heterocycles. The lowest BCUT2D eigenvalue weighted by molar-refractivity contribution is 0.363. The molecule has 0 saturated carbocycles. The van der Waals surface area contributed by atoms with Crippen LogP contribution in [0.5, 0.6) is 0 Å². The van der Waals surface area contributed by atoms with Crippen molar-refractivity contribution in [1.82, 2.24) is 10.5 Å². The van der Waals surface area contributed by atoms with Crippen molar-refractivity contribution in [2.75, 3.05) is 0 Å². The molecule has 0 saturated heterocycles. The van der Waals surface area contributed by atoms with Gasteiger partial charge >= 0.3 is 0 Å². The lowest BCUT2D eigenvalue weighted by Gasteiger charge is -2.13. The average molecular weight is 244 g/mol. The van der Waals surface area contributed by atoms with Gasteiger partial charge in [0.1, 0.15) is 0 Å². The van der Waals surface area contributed by atoms with Crippen LogP contribution in [0, 0.1) is 6.92 Å². The van der Waals surface area contributed by atoms with Crippen molar-refractivity contribution in [1.29, 1.82) is 0 Å². The number of aryl methyl sites for hydroxylation is 2. The highest BCUT2D eigenvalue weighted by Crippen LogP contribution is 2.14. The molecule has 0 amide bonds. The van der Waals surface area contributed by atoms with Crippen LogP contribution in [0.25, 0.3) is 0 Å². The Labute approximate surface area is 108 Å². The van der Waals surface area contributed by atoms with Crippen LogP contribution >= 0.6 is 0 Å². The molecule has 1 atom stereocenters. The summed E-state index contributed by atoms with van der Waals surface area (Å²) in [4.78, 5) is 0. The van der Waals surface area contributed by atoms with Gasteiger partial charge in [-0.25, -0.2) is 0 Å². The van der Waals surface area contributed by atoms with Crippen LogP contribution in [0.4, 0.5) is 0 Å². The summed E-state index contributed by atoms with van der Waals surface area (Å²) in [5, 5.41) is 7.31. The van der Waals surface area contributed by atoms with E-state index in [1.165, 1.54) is 11.1 Å². The molecule has 96 valence electrons. The maximum Gasteiger partial charge on any atom is 0.150 e. The summed E-state index contributed by atoms with van der Waals surface area (Å²) < 4.78 is 5.17. The van der Waals surface area contributed by atoms with Crippen LogP contribution < -0.4 is 5.32 Å². The molecule has 3 nitrogen and oxygen atoms in total. The van der Waals surface area contributed by atoms with Crippen molar-refractivity contribution in [2.24, 2.45) is 0 Å². The molecule has 0 spiro atoms. The van der Waals surface area contributed by atoms with Gasteiger partial charge in [0.15, 0.2) is 5.76 Å². The maximum atomic E-state index is 5.17. The van der Waals surface area contributed by atoms with E-state index in [1.54, 1.807) is 0 Å². The average Bonchev–Trinajstić information content (AvgIpc) is 2.82. The monoisotopic (exact) mass is 244 g/mol. The standard InChI is InChI=1S/C15H20N2O/c1-4-13-5-7-14(8-6-13)12(3)16-10-15-9-11(2)17-18-15/h5-9,12,16H,4,10H2,1-3H3. The molecule has 0 fully saturated rings. The van der Waals surface area contributed by atoms with Crippen LogP contribution in [0.1, 0.15) is 42.5 Å². The fourth-order valence-electron chi connectivity index (χ4n) is 1.91. The quantitative estimate of drug-likeness (QED) is 0.876. The summed E-state index contributed by atoms with van der Waals surface area (Å²) in [5.41, 5.74) is 3.59. The first-order valence-corrected chi connectivity index (χ1v) is 6.43. The lowest BCUT2D eigenvalue weighted by atomic mass is 10.1. The molecule has 0 aliphatic carbocycles. The Balaban J connectivity index is 1.92. The van der Waals surface area contributed by atoms with Crippen LogP contribution in [0.3, 0.4) is 0 Å². The van der Waals surface area contributed by atoms with E-state index >= 15 is 0 Å². The number of rotatable bonds is 5. The minimum absolute atomic E-state index is 0.307. The van der Waals surface area contributed by atoms with Gasteiger partial charge in [0.2, 0.25) is 0 Å². The van der Waals surface area contributed by atoms with Crippen LogP contribution in [0.2, 0.25) is 0 Å². The molecule has 3 heteroatoms. The maximum absolute atomic E-state index is 5.17. The van der Waals surface area contributed by atoms with Gasteiger partial charge in [0, 0.05) is 12.1 Å². The third-order valence-electron chi connectivity index (χ3n) is 3.15. The summed E-state index contributed by atoms with van der Waals surface area (Å²) in [6, 6.07) is 11.0. The molecule has 2 aromatic rings. The second kappa shape index (κ2) is 5.83. The Hall–Kier alpha value is -1.61. The first-order chi connectivity index (χ1) is 8.69. The van der Waals surface area contributed by atoms with Gasteiger partial charge in [-0.3, -0.25) is 0 Å². The van der Waals surface area contributed by atoms with Gasteiger partial charge in [-0.15, -0.1) is 0 Å². The number of nitrogens with zero attached hydrogens (tertiary/aromatic N) is 1. The van der Waals surface area contributed by atoms with E-state index in [1.807, 2.05) is 13.0 Å². The molecule has 1 aromatic heterocycles. The third kappa shape index (κ3) is 3.20. The smallest absolute Gasteiger partial charge is 0.150 e. The predicted molar refractivity (Wildman–Crippen MR) is 72.3 cm³/mol. The molecule has 0 bridgehead atoms. The van der Waals surface area contributed by atoms with Gasteiger partial charge < -0.3 is 9.84 Å². The van der Waals surface area contributed by atoms with Gasteiger partial charge in [-0.1, -0.05) is 36.3 Å². The van der Waals surface area contributed by atoms with Gasteiger partial charge in [0.05, 0.1) is 12.2 Å². The number of hydrogen-bond acceptors (Lipinski definition) is 3. The van der Waals surface area contributed by atoms with Crippen LogP contribution in [-0.4, -0.2) is 5.16 Å². The topological polar surface area (TPSA) is 38.1 Å². The zero-order chi connectivity index (χ0) is 13.0. The Morgan fingerprint density at radius 3 is 2.56 bits per heavy atom. The van der Waals surface area contributed by atoms with E-state index in [-0.39, 0.29) is 0 Å². The molecule has 1 unspecified atom stereocenters. The molecule has 0 radical (unpaired) electrons. The van der Waals surface area contributed by atoms with E-state index in [2.05, 4.69) is 48.6 Å². The van der Waals surface area contributed by atoms with E-state index in [0.29, 0.717) is 12.6 Å². The van der Waals surface area contributed by atoms with Gasteiger partial charge in [-0.05, 0) is 31.4 Å². The fraction of sp³-hybridized carbons (Fsp3) is 0.400. The second-order valence-corrected chi connectivity index (χ2v) is 4.63. The summed E-state index contributed by atoms with van der Waals surface area (Å²) >= 11 is 0. The number of benzene rings is 1. The molecule has 2 rings (SSSR count). The highest BCUT2D eigenvalue weighted by atomic mass is 16.5. The number of hydrogen-bond donors (Lipinski definition) is 1. The van der Waals surface area contributed by atoms with Crippen molar-refractivity contribution >= 4 is 0 Å². The molecular formula is C15H20N2O. The minimum atomic E-state index is 0.307. The summed E-state index contributed by atoms with van der Waals surface area (Å²) in [5.74, 6) is 0.879. The van der Waals surface area contributed by atoms with Crippen LogP contribution in [-0.2, 0) is 13.0 Å². The van der Waals surface area contributed by atoms with Gasteiger partial charge in [-0.2, -0.15) is 0 Å². The molecule has 18 heavy (non-hydrogen) atoms. The van der Waals surface area contributed by atoms with Gasteiger partial charge in [0.25, 0.3) is 0 Å². The molecule has 1 N–H and O–H groups in total. The largest absolute Gasteiger partial charge is 0.360 e. The van der Waals surface area contributed by atoms with Crippen molar-refractivity contribution in [2.45, 2.75) is 39.8 Å². The normalized spacial score (nSPS) is 12.6. The highest BCUT2D eigenvalue weighted by Gasteiger charge is 2.06. The first-order valence-electron chi connectivity index (χ1n) is 6.43. The third-order valence-corrected chi connectivity index (χ3v) is 3.15. The first kappa shape index (κ1) is 12.8. The van der Waals surface area contributed by atoms with E-state index < -0.39 is 0 Å². The van der Waals surface area contributed by atoms with Crippen molar-refractivity contribution < 1.29 is 4.52 Å². The highest BCUT2D eigenvalue weighted by molar-refractivity contribution is 5.24. The zero-order valence-electron chi connectivity index (χ0n) is 11.2. The molecule has 1 aromatic carbocycles. The Morgan fingerprint density at radius 2 is 2.00 bits per heavy atom. The van der Waals surface area contributed by atoms with Crippen molar-refractivity contribution in [3.63, 3.8) is 0 Å². The Morgan fingerprint density at radius 1 is 1.28 bits per heavy atom. The van der Waals surface area contributed by atoms with Crippen LogP contribution in [0.15, 0.2) is 34.9 Å². The Kier molecular flexibility index (Phi) is 4.15. The fourth-order valence-corrected chi connectivity index (χ4v) is 1.91. The van der Waals surface area contributed by atoms with E-state index in [4.69, 9.17) is 4.52 Å². The summed E-state index contributed by atoms with van der Waals surface area (Å²) in [6.45, 7) is 6.96. The summed E-state index contributed by atoms with van der Waals surface area (Å²) in [7, 11) is 0. The molecule has 0 aliphatic heterocycles. The number of aromatic nitrogens is 1. The van der Waals surface area contributed by atoms with Crippen molar-refractivity contribution in [3.8, 4) is 0 Å². The lowest BCUT2D eigenvalue weighted by Crippen LogP contribution is -2.17. The SMILES string of the molecule is CCc1ccc(C(C)NCc2cc(C)no2)cc1.